The number of nitrogens with zero attached hydrogens (tertiary/aromatic N) is 2. The number of aromatic amines is 1. The van der Waals surface area contributed by atoms with Crippen molar-refractivity contribution in [3.63, 3.8) is 0 Å². The van der Waals surface area contributed by atoms with E-state index in [4.69, 9.17) is 9.47 Å². The van der Waals surface area contributed by atoms with Gasteiger partial charge in [-0.25, -0.2) is 5.10 Å². The Hall–Kier alpha value is -3.96. The molecular formula is C30H29N3O2. The van der Waals surface area contributed by atoms with Crippen LogP contribution in [0.1, 0.15) is 35.6 Å². The number of hydrogen-bond acceptors (Lipinski definition) is 4. The number of aromatic nitrogens is 3. The number of hydrogen-bond donors (Lipinski definition) is 1. The number of fused-ring (bicyclic) bond motifs is 1. The van der Waals surface area contributed by atoms with Crippen LogP contribution in [0.25, 0.3) is 22.8 Å². The molecule has 35 heavy (non-hydrogen) atoms. The predicted molar refractivity (Wildman–Crippen MR) is 140 cm³/mol. The van der Waals surface area contributed by atoms with Crippen molar-refractivity contribution in [2.75, 3.05) is 13.7 Å². The zero-order valence-electron chi connectivity index (χ0n) is 20.1. The maximum Gasteiger partial charge on any atom is 0.217 e. The number of H-pyrrole nitrogens is 1. The molecule has 0 unspecified atom stereocenters. The molecule has 1 aliphatic rings. The molecule has 2 aromatic heterocycles. The van der Waals surface area contributed by atoms with E-state index in [0.717, 1.165) is 29.5 Å². The molecule has 0 radical (unpaired) electrons. The average Bonchev–Trinajstić information content (AvgIpc) is 3.36. The monoisotopic (exact) mass is 463 g/mol. The lowest BCUT2D eigenvalue weighted by Gasteiger charge is -2.21. The van der Waals surface area contributed by atoms with Gasteiger partial charge in [-0.15, -0.1) is 0 Å². The first-order valence-electron chi connectivity index (χ1n) is 11.9. The molecule has 1 N–H and O–H groups in total. The third-order valence-electron chi connectivity index (χ3n) is 6.42. The summed E-state index contributed by atoms with van der Waals surface area (Å²) in [5.74, 6) is 0.655. The number of rotatable bonds is 7. The van der Waals surface area contributed by atoms with Crippen molar-refractivity contribution >= 4 is 11.6 Å². The van der Waals surface area contributed by atoms with Gasteiger partial charge < -0.3 is 9.47 Å². The van der Waals surface area contributed by atoms with Crippen LogP contribution in [0.2, 0.25) is 0 Å². The molecule has 5 heteroatoms. The Morgan fingerprint density at radius 2 is 1.69 bits per heavy atom. The molecule has 0 atom stereocenters. The van der Waals surface area contributed by atoms with E-state index in [1.165, 1.54) is 33.4 Å². The smallest absolute Gasteiger partial charge is 0.217 e. The van der Waals surface area contributed by atoms with Gasteiger partial charge in [0.15, 0.2) is 0 Å². The summed E-state index contributed by atoms with van der Waals surface area (Å²) in [5, 5.41) is 7.12. The van der Waals surface area contributed by atoms with Crippen molar-refractivity contribution in [3.05, 3.63) is 113 Å². The van der Waals surface area contributed by atoms with E-state index in [1.807, 2.05) is 12.1 Å². The van der Waals surface area contributed by atoms with Crippen LogP contribution < -0.4 is 4.74 Å². The lowest BCUT2D eigenvalue weighted by atomic mass is 9.86. The van der Waals surface area contributed by atoms with Gasteiger partial charge in [-0.2, -0.15) is 5.10 Å². The predicted octanol–water partition coefficient (Wildman–Crippen LogP) is 6.50. The lowest BCUT2D eigenvalue weighted by molar-refractivity contribution is 0.229. The zero-order valence-corrected chi connectivity index (χ0v) is 20.1. The molecule has 0 fully saturated rings. The standard InChI is InChI=1S/C30H29N3O2/c1-21-7-10-23-5-3-4-6-26(23)17-27(20-34-2)29(21)25-11-8-22(9-12-25)19-35-30-28(18-32-33-30)24-13-15-31-16-14-24/h3-6,8-9,11-18H,7,10,19-20H2,1-2H3,(H,32,33)/b27-17-,29-21+. The summed E-state index contributed by atoms with van der Waals surface area (Å²) >= 11 is 0. The summed E-state index contributed by atoms with van der Waals surface area (Å²) in [6, 6.07) is 21.2. The molecule has 0 bridgehead atoms. The molecule has 5 rings (SSSR count). The first-order chi connectivity index (χ1) is 17.2. The van der Waals surface area contributed by atoms with Gasteiger partial charge in [0.05, 0.1) is 18.4 Å². The minimum atomic E-state index is 0.451. The molecule has 0 spiro atoms. The van der Waals surface area contributed by atoms with Crippen molar-refractivity contribution in [3.8, 4) is 17.0 Å². The quantitative estimate of drug-likeness (QED) is 0.340. The molecule has 4 aromatic rings. The van der Waals surface area contributed by atoms with E-state index in [1.54, 1.807) is 25.7 Å². The maximum absolute atomic E-state index is 6.08. The highest BCUT2D eigenvalue weighted by atomic mass is 16.5. The second kappa shape index (κ2) is 10.5. The number of aryl methyl sites for hydroxylation is 1. The van der Waals surface area contributed by atoms with Gasteiger partial charge in [-0.1, -0.05) is 54.1 Å². The van der Waals surface area contributed by atoms with Crippen molar-refractivity contribution in [2.45, 2.75) is 26.4 Å². The Morgan fingerprint density at radius 3 is 2.49 bits per heavy atom. The molecule has 0 amide bonds. The topological polar surface area (TPSA) is 60.0 Å². The highest BCUT2D eigenvalue weighted by Crippen LogP contribution is 2.34. The molecule has 5 nitrogen and oxygen atoms in total. The van der Waals surface area contributed by atoms with E-state index in [-0.39, 0.29) is 0 Å². The molecular weight excluding hydrogens is 434 g/mol. The molecule has 2 aromatic carbocycles. The van der Waals surface area contributed by atoms with Gasteiger partial charge in [-0.3, -0.25) is 4.98 Å². The number of ether oxygens (including phenoxy) is 2. The van der Waals surface area contributed by atoms with Gasteiger partial charge in [-0.05, 0) is 76.9 Å². The van der Waals surface area contributed by atoms with Gasteiger partial charge >= 0.3 is 0 Å². The van der Waals surface area contributed by atoms with E-state index >= 15 is 0 Å². The van der Waals surface area contributed by atoms with Gasteiger partial charge in [0, 0.05) is 19.5 Å². The minimum absolute atomic E-state index is 0.451. The summed E-state index contributed by atoms with van der Waals surface area (Å²) in [7, 11) is 1.76. The number of methoxy groups -OCH3 is 1. The SMILES string of the molecule is COCC1=C/c2ccccc2CC\C(C)=C\1c1ccc(COc2[nH]ncc2-c2ccncc2)cc1. The van der Waals surface area contributed by atoms with Crippen LogP contribution in [0.5, 0.6) is 5.88 Å². The Kier molecular flexibility index (Phi) is 6.87. The lowest BCUT2D eigenvalue weighted by Crippen LogP contribution is -2.05. The summed E-state index contributed by atoms with van der Waals surface area (Å²) in [6.45, 7) is 3.26. The van der Waals surface area contributed by atoms with Crippen LogP contribution in [0.4, 0.5) is 0 Å². The fourth-order valence-corrected chi connectivity index (χ4v) is 4.63. The third-order valence-corrected chi connectivity index (χ3v) is 6.42. The number of benzene rings is 2. The Labute approximate surface area is 206 Å². The average molecular weight is 464 g/mol. The van der Waals surface area contributed by atoms with E-state index in [9.17, 15) is 0 Å². The molecule has 1 aliphatic carbocycles. The van der Waals surface area contributed by atoms with Gasteiger partial charge in [0.25, 0.3) is 0 Å². The normalized spacial score (nSPS) is 17.1. The summed E-state index contributed by atoms with van der Waals surface area (Å²) in [6.07, 6.45) is 9.66. The van der Waals surface area contributed by atoms with E-state index in [2.05, 4.69) is 76.7 Å². The third kappa shape index (κ3) is 5.10. The van der Waals surface area contributed by atoms with Crippen LogP contribution in [-0.2, 0) is 17.8 Å². The second-order valence-corrected chi connectivity index (χ2v) is 8.79. The van der Waals surface area contributed by atoms with Crippen molar-refractivity contribution in [1.29, 1.82) is 0 Å². The molecule has 176 valence electrons. The molecule has 2 heterocycles. The Balaban J connectivity index is 1.37. The van der Waals surface area contributed by atoms with Crippen molar-refractivity contribution in [2.24, 2.45) is 0 Å². The Morgan fingerprint density at radius 1 is 0.886 bits per heavy atom. The fraction of sp³-hybridized carbons (Fsp3) is 0.200. The summed E-state index contributed by atoms with van der Waals surface area (Å²) in [4.78, 5) is 4.08. The highest BCUT2D eigenvalue weighted by molar-refractivity contribution is 5.87. The van der Waals surface area contributed by atoms with Crippen LogP contribution in [0.15, 0.2) is 90.4 Å². The largest absolute Gasteiger partial charge is 0.473 e. The van der Waals surface area contributed by atoms with Crippen LogP contribution in [-0.4, -0.2) is 28.9 Å². The molecule has 0 saturated heterocycles. The highest BCUT2D eigenvalue weighted by Gasteiger charge is 2.16. The number of pyridine rings is 1. The number of nitrogens with one attached hydrogen (secondary N) is 1. The van der Waals surface area contributed by atoms with Crippen molar-refractivity contribution < 1.29 is 9.47 Å². The first kappa shape index (κ1) is 22.8. The summed E-state index contributed by atoms with van der Waals surface area (Å²) in [5.41, 5.74) is 10.8. The zero-order chi connectivity index (χ0) is 24.0. The van der Waals surface area contributed by atoms with E-state index in [0.29, 0.717) is 19.1 Å². The second-order valence-electron chi connectivity index (χ2n) is 8.79. The summed E-state index contributed by atoms with van der Waals surface area (Å²) < 4.78 is 11.7. The van der Waals surface area contributed by atoms with Crippen LogP contribution in [0, 0.1) is 0 Å². The van der Waals surface area contributed by atoms with Crippen molar-refractivity contribution in [1.82, 2.24) is 15.2 Å². The van der Waals surface area contributed by atoms with Gasteiger partial charge in [0.2, 0.25) is 5.88 Å². The number of allylic oxidation sites excluding steroid dienone is 1. The Bertz CT molecular complexity index is 1350. The first-order valence-corrected chi connectivity index (χ1v) is 11.9. The van der Waals surface area contributed by atoms with Gasteiger partial charge in [0.1, 0.15) is 6.61 Å². The minimum Gasteiger partial charge on any atom is -0.473 e. The van der Waals surface area contributed by atoms with Crippen LogP contribution >= 0.6 is 0 Å². The molecule has 0 aliphatic heterocycles. The maximum atomic E-state index is 6.08. The molecule has 0 saturated carbocycles. The van der Waals surface area contributed by atoms with E-state index < -0.39 is 0 Å². The van der Waals surface area contributed by atoms with Crippen LogP contribution in [0.3, 0.4) is 0 Å². The fourth-order valence-electron chi connectivity index (χ4n) is 4.63.